The Balaban J connectivity index is 2.69. The first-order chi connectivity index (χ1) is 7.61. The van der Waals surface area contributed by atoms with E-state index in [0.29, 0.717) is 19.5 Å². The highest BCUT2D eigenvalue weighted by Crippen LogP contribution is 2.26. The molecule has 1 rings (SSSR count). The highest BCUT2D eigenvalue weighted by Gasteiger charge is 2.30. The zero-order valence-corrected chi connectivity index (χ0v) is 11.0. The van der Waals surface area contributed by atoms with Crippen LogP contribution >= 0.6 is 0 Å². The molecule has 1 aliphatic rings. The van der Waals surface area contributed by atoms with Crippen LogP contribution in [0.4, 0.5) is 0 Å². The van der Waals surface area contributed by atoms with Gasteiger partial charge in [-0.05, 0) is 32.2 Å². The van der Waals surface area contributed by atoms with Crippen LogP contribution < -0.4 is 5.73 Å². The van der Waals surface area contributed by atoms with Crippen LogP contribution in [0.15, 0.2) is 0 Å². The average Bonchev–Trinajstić information content (AvgIpc) is 2.71. The Hall–Kier alpha value is -0.130. The smallest absolute Gasteiger partial charge is 0.214 e. The topological polar surface area (TPSA) is 63.4 Å². The van der Waals surface area contributed by atoms with Crippen molar-refractivity contribution in [3.8, 4) is 0 Å². The van der Waals surface area contributed by atoms with Gasteiger partial charge in [-0.25, -0.2) is 8.42 Å². The van der Waals surface area contributed by atoms with Crippen LogP contribution in [-0.4, -0.2) is 37.6 Å². The predicted molar refractivity (Wildman–Crippen MR) is 66.7 cm³/mol. The molecule has 0 aromatic heterocycles. The molecule has 0 unspecified atom stereocenters. The first-order valence-electron chi connectivity index (χ1n) is 6.31. The second-order valence-electron chi connectivity index (χ2n) is 4.51. The van der Waals surface area contributed by atoms with Gasteiger partial charge in [0.2, 0.25) is 10.0 Å². The lowest BCUT2D eigenvalue weighted by molar-refractivity contribution is 0.320. The molecule has 0 heterocycles. The molecule has 2 N–H and O–H groups in total. The quantitative estimate of drug-likeness (QED) is 0.739. The highest BCUT2D eigenvalue weighted by atomic mass is 32.2. The summed E-state index contributed by atoms with van der Waals surface area (Å²) >= 11 is 0. The van der Waals surface area contributed by atoms with Crippen molar-refractivity contribution in [3.63, 3.8) is 0 Å². The zero-order chi connectivity index (χ0) is 12.0. The number of hydrogen-bond acceptors (Lipinski definition) is 3. The third-order valence-electron chi connectivity index (χ3n) is 3.13. The summed E-state index contributed by atoms with van der Waals surface area (Å²) in [5, 5.41) is 0. The molecule has 4 nitrogen and oxygen atoms in total. The molecular weight excluding hydrogens is 224 g/mol. The number of sulfonamides is 1. The largest absolute Gasteiger partial charge is 0.330 e. The molecule has 0 aliphatic heterocycles. The summed E-state index contributed by atoms with van der Waals surface area (Å²) in [7, 11) is -3.05. The van der Waals surface area contributed by atoms with E-state index >= 15 is 0 Å². The van der Waals surface area contributed by atoms with Crippen molar-refractivity contribution in [3.05, 3.63) is 0 Å². The van der Waals surface area contributed by atoms with Gasteiger partial charge in [0.1, 0.15) is 0 Å². The van der Waals surface area contributed by atoms with Crippen LogP contribution in [0.3, 0.4) is 0 Å². The van der Waals surface area contributed by atoms with E-state index in [9.17, 15) is 8.42 Å². The Morgan fingerprint density at radius 2 is 1.94 bits per heavy atom. The molecule has 16 heavy (non-hydrogen) atoms. The maximum atomic E-state index is 12.1. The molecule has 96 valence electrons. The molecule has 0 radical (unpaired) electrons. The van der Waals surface area contributed by atoms with E-state index in [1.165, 1.54) is 0 Å². The van der Waals surface area contributed by atoms with E-state index < -0.39 is 10.0 Å². The molecule has 0 amide bonds. The number of hydrogen-bond donors (Lipinski definition) is 1. The minimum absolute atomic E-state index is 0.239. The van der Waals surface area contributed by atoms with Crippen molar-refractivity contribution in [2.45, 2.75) is 51.5 Å². The molecule has 0 atom stereocenters. The summed E-state index contributed by atoms with van der Waals surface area (Å²) in [6.07, 6.45) is 5.81. The van der Waals surface area contributed by atoms with Crippen molar-refractivity contribution in [1.29, 1.82) is 0 Å². The first kappa shape index (κ1) is 13.9. The Bertz CT molecular complexity index is 284. The normalized spacial score (nSPS) is 18.4. The predicted octanol–water partition coefficient (Wildman–Crippen LogP) is 1.32. The van der Waals surface area contributed by atoms with Crippen molar-refractivity contribution in [2.75, 3.05) is 18.8 Å². The van der Waals surface area contributed by atoms with E-state index in [0.717, 1.165) is 32.1 Å². The molecule has 0 aromatic carbocycles. The lowest BCUT2D eigenvalue weighted by Crippen LogP contribution is -2.41. The van der Waals surface area contributed by atoms with Crippen LogP contribution in [0.5, 0.6) is 0 Å². The third kappa shape index (κ3) is 3.71. The fraction of sp³-hybridized carbons (Fsp3) is 1.00. The SMILES string of the molecule is CCCS(=O)(=O)N(CCCN)C1CCCC1. The molecule has 1 saturated carbocycles. The number of nitrogens with two attached hydrogens (primary N) is 1. The summed E-state index contributed by atoms with van der Waals surface area (Å²) in [6, 6.07) is 0.239. The van der Waals surface area contributed by atoms with E-state index in [4.69, 9.17) is 5.73 Å². The summed E-state index contributed by atoms with van der Waals surface area (Å²) < 4.78 is 25.9. The van der Waals surface area contributed by atoms with E-state index in [2.05, 4.69) is 0 Å². The molecule has 0 saturated heterocycles. The zero-order valence-electron chi connectivity index (χ0n) is 10.2. The average molecular weight is 248 g/mol. The molecule has 0 bridgehead atoms. The van der Waals surface area contributed by atoms with Gasteiger partial charge in [-0.1, -0.05) is 19.8 Å². The second-order valence-corrected chi connectivity index (χ2v) is 6.55. The van der Waals surface area contributed by atoms with E-state index in [1.807, 2.05) is 6.92 Å². The standard InChI is InChI=1S/C11H24N2O2S/c1-2-10-16(14,15)13(9-5-8-12)11-6-3-4-7-11/h11H,2-10,12H2,1H3. The van der Waals surface area contributed by atoms with Crippen molar-refractivity contribution in [2.24, 2.45) is 5.73 Å². The summed E-state index contributed by atoms with van der Waals surface area (Å²) in [4.78, 5) is 0. The van der Waals surface area contributed by atoms with Crippen LogP contribution in [0.1, 0.15) is 45.4 Å². The molecule has 5 heteroatoms. The van der Waals surface area contributed by atoms with Crippen molar-refractivity contribution in [1.82, 2.24) is 4.31 Å². The maximum Gasteiger partial charge on any atom is 0.214 e. The minimum atomic E-state index is -3.05. The minimum Gasteiger partial charge on any atom is -0.330 e. The number of rotatable bonds is 7. The Morgan fingerprint density at radius 3 is 2.44 bits per heavy atom. The Kier molecular flexibility index (Phi) is 5.72. The molecule has 1 aliphatic carbocycles. The molecule has 0 spiro atoms. The van der Waals surface area contributed by atoms with Gasteiger partial charge < -0.3 is 5.73 Å². The lowest BCUT2D eigenvalue weighted by Gasteiger charge is -2.27. The van der Waals surface area contributed by atoms with Crippen LogP contribution in [0.25, 0.3) is 0 Å². The highest BCUT2D eigenvalue weighted by molar-refractivity contribution is 7.89. The Morgan fingerprint density at radius 1 is 1.31 bits per heavy atom. The van der Waals surface area contributed by atoms with Gasteiger partial charge in [-0.2, -0.15) is 4.31 Å². The molecule has 0 aromatic rings. The van der Waals surface area contributed by atoms with Crippen molar-refractivity contribution < 1.29 is 8.42 Å². The third-order valence-corrected chi connectivity index (χ3v) is 5.25. The van der Waals surface area contributed by atoms with Crippen molar-refractivity contribution >= 4 is 10.0 Å². The van der Waals surface area contributed by atoms with Gasteiger partial charge in [-0.3, -0.25) is 0 Å². The van der Waals surface area contributed by atoms with Gasteiger partial charge in [0, 0.05) is 12.6 Å². The fourth-order valence-electron chi connectivity index (χ4n) is 2.36. The van der Waals surface area contributed by atoms with Gasteiger partial charge in [0.25, 0.3) is 0 Å². The summed E-state index contributed by atoms with van der Waals surface area (Å²) in [5.41, 5.74) is 5.47. The van der Waals surface area contributed by atoms with E-state index in [-0.39, 0.29) is 11.8 Å². The Labute approximate surface area is 99.2 Å². The first-order valence-corrected chi connectivity index (χ1v) is 7.92. The summed E-state index contributed by atoms with van der Waals surface area (Å²) in [5.74, 6) is 0.272. The molecular formula is C11H24N2O2S. The summed E-state index contributed by atoms with van der Waals surface area (Å²) in [6.45, 7) is 3.07. The van der Waals surface area contributed by atoms with Crippen LogP contribution in [-0.2, 0) is 10.0 Å². The lowest BCUT2D eigenvalue weighted by atomic mass is 10.2. The monoisotopic (exact) mass is 248 g/mol. The second kappa shape index (κ2) is 6.57. The number of nitrogens with zero attached hydrogens (tertiary/aromatic N) is 1. The van der Waals surface area contributed by atoms with Crippen LogP contribution in [0.2, 0.25) is 0 Å². The van der Waals surface area contributed by atoms with Gasteiger partial charge >= 0.3 is 0 Å². The maximum absolute atomic E-state index is 12.1. The van der Waals surface area contributed by atoms with Gasteiger partial charge in [0.15, 0.2) is 0 Å². The van der Waals surface area contributed by atoms with Gasteiger partial charge in [0.05, 0.1) is 5.75 Å². The van der Waals surface area contributed by atoms with Crippen LogP contribution in [0, 0.1) is 0 Å². The molecule has 1 fully saturated rings. The van der Waals surface area contributed by atoms with Gasteiger partial charge in [-0.15, -0.1) is 0 Å². The fourth-order valence-corrected chi connectivity index (χ4v) is 4.19. The van der Waals surface area contributed by atoms with E-state index in [1.54, 1.807) is 4.31 Å².